The molecule has 0 spiro atoms. The SMILES string of the molecule is O=C(O)c1c(-c2ccc(Cl)cc2)cc(C(F)(F)F)n1-c1cccc(Cl)c1. The van der Waals surface area contributed by atoms with E-state index in [9.17, 15) is 23.1 Å². The predicted molar refractivity (Wildman–Crippen MR) is 93.2 cm³/mol. The van der Waals surface area contributed by atoms with Crippen LogP contribution in [0.4, 0.5) is 13.2 Å². The fourth-order valence-electron chi connectivity index (χ4n) is 2.66. The lowest BCUT2D eigenvalue weighted by Crippen LogP contribution is -2.16. The van der Waals surface area contributed by atoms with Gasteiger partial charge in [0, 0.05) is 21.3 Å². The Balaban J connectivity index is 2.37. The fraction of sp³-hybridized carbons (Fsp3) is 0.0556. The number of hydrogen-bond acceptors (Lipinski definition) is 1. The molecule has 0 aliphatic carbocycles. The Morgan fingerprint density at radius 2 is 1.62 bits per heavy atom. The quantitative estimate of drug-likeness (QED) is 0.572. The number of nitrogens with zero attached hydrogens (tertiary/aromatic N) is 1. The van der Waals surface area contributed by atoms with Crippen LogP contribution in [0.1, 0.15) is 16.2 Å². The minimum Gasteiger partial charge on any atom is -0.477 e. The number of carboxylic acids is 1. The molecule has 0 saturated carbocycles. The minimum atomic E-state index is -4.77. The van der Waals surface area contributed by atoms with Crippen LogP contribution in [0.25, 0.3) is 16.8 Å². The molecule has 1 heterocycles. The molecule has 0 bridgehead atoms. The molecule has 0 fully saturated rings. The van der Waals surface area contributed by atoms with Crippen LogP contribution in [0.15, 0.2) is 54.6 Å². The van der Waals surface area contributed by atoms with Crippen molar-refractivity contribution >= 4 is 29.2 Å². The minimum absolute atomic E-state index is 0.00226. The van der Waals surface area contributed by atoms with Gasteiger partial charge >= 0.3 is 12.1 Å². The third kappa shape index (κ3) is 3.43. The summed E-state index contributed by atoms with van der Waals surface area (Å²) < 4.78 is 41.5. The maximum absolute atomic E-state index is 13.6. The first-order chi connectivity index (χ1) is 12.2. The molecular weight excluding hydrogens is 390 g/mol. The fourth-order valence-corrected chi connectivity index (χ4v) is 2.97. The zero-order valence-electron chi connectivity index (χ0n) is 12.9. The summed E-state index contributed by atoms with van der Waals surface area (Å²) in [5, 5.41) is 10.2. The van der Waals surface area contributed by atoms with Crippen molar-refractivity contribution in [1.29, 1.82) is 0 Å². The summed E-state index contributed by atoms with van der Waals surface area (Å²) in [5.41, 5.74) is -1.38. The third-order valence-corrected chi connectivity index (χ3v) is 4.20. The van der Waals surface area contributed by atoms with E-state index in [0.717, 1.165) is 6.07 Å². The largest absolute Gasteiger partial charge is 0.477 e. The molecular formula is C18H10Cl2F3NO2. The molecule has 3 rings (SSSR count). The molecule has 0 atom stereocenters. The molecule has 26 heavy (non-hydrogen) atoms. The molecule has 3 nitrogen and oxygen atoms in total. The number of hydrogen-bond donors (Lipinski definition) is 1. The van der Waals surface area contributed by atoms with Crippen LogP contribution in [0, 0.1) is 0 Å². The van der Waals surface area contributed by atoms with E-state index in [-0.39, 0.29) is 16.3 Å². The van der Waals surface area contributed by atoms with Crippen molar-refractivity contribution in [2.24, 2.45) is 0 Å². The zero-order chi connectivity index (χ0) is 19.1. The van der Waals surface area contributed by atoms with E-state index in [0.29, 0.717) is 15.2 Å². The summed E-state index contributed by atoms with van der Waals surface area (Å²) in [6, 6.07) is 12.3. The first-order valence-corrected chi connectivity index (χ1v) is 8.02. The van der Waals surface area contributed by atoms with Gasteiger partial charge in [0.15, 0.2) is 0 Å². The average molecular weight is 400 g/mol. The molecule has 0 aliphatic heterocycles. The van der Waals surface area contributed by atoms with Gasteiger partial charge in [0.05, 0.1) is 0 Å². The van der Waals surface area contributed by atoms with Gasteiger partial charge in [0.2, 0.25) is 0 Å². The van der Waals surface area contributed by atoms with Crippen LogP contribution in [0.2, 0.25) is 10.0 Å². The second-order valence-corrected chi connectivity index (χ2v) is 6.29. The summed E-state index contributed by atoms with van der Waals surface area (Å²) >= 11 is 11.7. The van der Waals surface area contributed by atoms with E-state index < -0.39 is 23.5 Å². The Labute approximate surface area is 156 Å². The Bertz CT molecular complexity index is 979. The van der Waals surface area contributed by atoms with Crippen molar-refractivity contribution < 1.29 is 23.1 Å². The number of carboxylic acid groups (broad SMARTS) is 1. The van der Waals surface area contributed by atoms with Gasteiger partial charge < -0.3 is 5.11 Å². The lowest BCUT2D eigenvalue weighted by molar-refractivity contribution is -0.142. The summed E-state index contributed by atoms with van der Waals surface area (Å²) in [6.45, 7) is 0. The molecule has 8 heteroatoms. The molecule has 0 unspecified atom stereocenters. The highest BCUT2D eigenvalue weighted by Crippen LogP contribution is 2.39. The van der Waals surface area contributed by atoms with E-state index in [1.54, 1.807) is 0 Å². The molecule has 0 radical (unpaired) electrons. The average Bonchev–Trinajstić information content (AvgIpc) is 2.96. The van der Waals surface area contributed by atoms with E-state index >= 15 is 0 Å². The van der Waals surface area contributed by atoms with Crippen LogP contribution >= 0.6 is 23.2 Å². The standard InChI is InChI=1S/C18H10Cl2F3NO2/c19-11-6-4-10(5-7-11)14-9-15(18(21,22)23)24(16(14)17(25)26)13-3-1-2-12(20)8-13/h1-9H,(H,25,26). The first-order valence-electron chi connectivity index (χ1n) is 7.26. The molecule has 0 saturated heterocycles. The Hall–Kier alpha value is -2.44. The van der Waals surface area contributed by atoms with Crippen molar-refractivity contribution in [2.45, 2.75) is 6.18 Å². The third-order valence-electron chi connectivity index (χ3n) is 3.72. The second-order valence-electron chi connectivity index (χ2n) is 5.42. The van der Waals surface area contributed by atoms with E-state index in [4.69, 9.17) is 23.2 Å². The van der Waals surface area contributed by atoms with Gasteiger partial charge in [-0.2, -0.15) is 13.2 Å². The normalized spacial score (nSPS) is 11.6. The van der Waals surface area contributed by atoms with Crippen LogP contribution in [0.3, 0.4) is 0 Å². The lowest BCUT2D eigenvalue weighted by atomic mass is 10.1. The van der Waals surface area contributed by atoms with Crippen molar-refractivity contribution in [1.82, 2.24) is 4.57 Å². The molecule has 3 aromatic rings. The van der Waals surface area contributed by atoms with Crippen LogP contribution in [-0.2, 0) is 6.18 Å². The topological polar surface area (TPSA) is 42.2 Å². The molecule has 0 aliphatic rings. The van der Waals surface area contributed by atoms with Crippen molar-refractivity contribution in [3.63, 3.8) is 0 Å². The highest BCUT2D eigenvalue weighted by atomic mass is 35.5. The summed E-state index contributed by atoms with van der Waals surface area (Å²) in [4.78, 5) is 11.8. The summed E-state index contributed by atoms with van der Waals surface area (Å²) in [7, 11) is 0. The first kappa shape index (κ1) is 18.4. The number of benzene rings is 2. The molecule has 2 aromatic carbocycles. The van der Waals surface area contributed by atoms with Gasteiger partial charge in [0.25, 0.3) is 0 Å². The number of aromatic carboxylic acids is 1. The lowest BCUT2D eigenvalue weighted by Gasteiger charge is -2.14. The van der Waals surface area contributed by atoms with Crippen LogP contribution in [0.5, 0.6) is 0 Å². The zero-order valence-corrected chi connectivity index (χ0v) is 14.4. The van der Waals surface area contributed by atoms with Gasteiger partial charge in [-0.1, -0.05) is 41.4 Å². The van der Waals surface area contributed by atoms with Crippen molar-refractivity contribution in [3.8, 4) is 16.8 Å². The van der Waals surface area contributed by atoms with E-state index in [1.807, 2.05) is 0 Å². The molecule has 1 N–H and O–H groups in total. The number of aromatic nitrogens is 1. The highest BCUT2D eigenvalue weighted by Gasteiger charge is 2.38. The van der Waals surface area contributed by atoms with Crippen molar-refractivity contribution in [3.05, 3.63) is 76.0 Å². The Morgan fingerprint density at radius 3 is 2.15 bits per heavy atom. The second kappa shape index (κ2) is 6.70. The Morgan fingerprint density at radius 1 is 0.962 bits per heavy atom. The van der Waals surface area contributed by atoms with Gasteiger partial charge in [-0.15, -0.1) is 0 Å². The predicted octanol–water partition coefficient (Wildman–Crippen LogP) is 6.17. The van der Waals surface area contributed by atoms with Crippen LogP contribution < -0.4 is 0 Å². The van der Waals surface area contributed by atoms with Gasteiger partial charge in [-0.25, -0.2) is 4.79 Å². The monoisotopic (exact) mass is 399 g/mol. The van der Waals surface area contributed by atoms with Crippen LogP contribution in [-0.4, -0.2) is 15.6 Å². The van der Waals surface area contributed by atoms with Gasteiger partial charge in [0.1, 0.15) is 11.4 Å². The number of rotatable bonds is 3. The Kier molecular flexibility index (Phi) is 4.73. The summed E-state index contributed by atoms with van der Waals surface area (Å²) in [5.74, 6) is -1.49. The van der Waals surface area contributed by atoms with Gasteiger partial charge in [-0.3, -0.25) is 4.57 Å². The molecule has 1 aromatic heterocycles. The number of carbonyl (C=O) groups is 1. The maximum atomic E-state index is 13.6. The van der Waals surface area contributed by atoms with E-state index in [1.165, 1.54) is 48.5 Å². The number of halogens is 5. The number of alkyl halides is 3. The highest BCUT2D eigenvalue weighted by molar-refractivity contribution is 6.31. The molecule has 0 amide bonds. The summed E-state index contributed by atoms with van der Waals surface area (Å²) in [6.07, 6.45) is -4.77. The van der Waals surface area contributed by atoms with Gasteiger partial charge in [-0.05, 0) is 42.0 Å². The van der Waals surface area contributed by atoms with Crippen molar-refractivity contribution in [2.75, 3.05) is 0 Å². The van der Waals surface area contributed by atoms with E-state index in [2.05, 4.69) is 0 Å². The molecule has 134 valence electrons. The maximum Gasteiger partial charge on any atom is 0.431 e. The smallest absolute Gasteiger partial charge is 0.431 e.